The molecule has 0 aliphatic heterocycles. The van der Waals surface area contributed by atoms with Gasteiger partial charge in [-0.25, -0.2) is 14.4 Å². The van der Waals surface area contributed by atoms with Crippen LogP contribution in [0.2, 0.25) is 0 Å². The molecule has 0 saturated carbocycles. The number of hydrogen-bond donors (Lipinski definition) is 1. The van der Waals surface area contributed by atoms with Gasteiger partial charge in [-0.05, 0) is 48.0 Å². The monoisotopic (exact) mass is 407 g/mol. The summed E-state index contributed by atoms with van der Waals surface area (Å²) in [4.78, 5) is 11.8. The molecule has 148 valence electrons. The molecule has 0 fully saturated rings. The summed E-state index contributed by atoms with van der Waals surface area (Å²) in [6.07, 6.45) is -1.23. The first-order valence-electron chi connectivity index (χ1n) is 9.11. The van der Waals surface area contributed by atoms with E-state index in [1.807, 2.05) is 36.5 Å². The first-order valence-corrected chi connectivity index (χ1v) is 9.11. The summed E-state index contributed by atoms with van der Waals surface area (Å²) in [7, 11) is 0. The number of para-hydroxylation sites is 1. The summed E-state index contributed by atoms with van der Waals surface area (Å²) >= 11 is 0. The van der Waals surface area contributed by atoms with Gasteiger partial charge < -0.3 is 4.98 Å². The highest BCUT2D eigenvalue weighted by atomic mass is 19.4. The van der Waals surface area contributed by atoms with E-state index in [9.17, 15) is 17.6 Å². The first-order chi connectivity index (χ1) is 14.4. The minimum absolute atomic E-state index is 0.0880. The highest BCUT2D eigenvalue weighted by Gasteiger charge is 2.31. The lowest BCUT2D eigenvalue weighted by Crippen LogP contribution is -2.05. The first kappa shape index (κ1) is 18.3. The molecular weight excluding hydrogens is 394 g/mol. The number of benzene rings is 2. The fourth-order valence-electron chi connectivity index (χ4n) is 3.61. The van der Waals surface area contributed by atoms with Crippen LogP contribution in [0.15, 0.2) is 73.1 Å². The fourth-order valence-corrected chi connectivity index (χ4v) is 3.61. The third-order valence-electron chi connectivity index (χ3n) is 5.03. The van der Waals surface area contributed by atoms with Crippen LogP contribution < -0.4 is 0 Å². The van der Waals surface area contributed by atoms with Crippen LogP contribution in [0.4, 0.5) is 17.6 Å². The van der Waals surface area contributed by atoms with Gasteiger partial charge in [0, 0.05) is 39.8 Å². The summed E-state index contributed by atoms with van der Waals surface area (Å²) in [6, 6.07) is 15.2. The molecule has 7 heteroatoms. The second-order valence-electron chi connectivity index (χ2n) is 6.87. The Balaban J connectivity index is 1.81. The van der Waals surface area contributed by atoms with Crippen molar-refractivity contribution < 1.29 is 17.6 Å². The smallest absolute Gasteiger partial charge is 0.361 e. The Labute approximate surface area is 168 Å². The Morgan fingerprint density at radius 3 is 2.43 bits per heavy atom. The summed E-state index contributed by atoms with van der Waals surface area (Å²) in [5.41, 5.74) is 1.70. The van der Waals surface area contributed by atoms with E-state index in [0.29, 0.717) is 11.2 Å². The fraction of sp³-hybridized carbons (Fsp3) is 0.0435. The van der Waals surface area contributed by atoms with Crippen LogP contribution in [0, 0.1) is 5.82 Å². The maximum atomic E-state index is 14.5. The van der Waals surface area contributed by atoms with E-state index >= 15 is 0 Å². The van der Waals surface area contributed by atoms with Gasteiger partial charge in [-0.2, -0.15) is 13.2 Å². The Hall–Kier alpha value is -3.74. The molecule has 30 heavy (non-hydrogen) atoms. The van der Waals surface area contributed by atoms with Crippen LogP contribution in [-0.4, -0.2) is 15.0 Å². The van der Waals surface area contributed by atoms with Gasteiger partial charge in [-0.3, -0.25) is 0 Å². The quantitative estimate of drug-likeness (QED) is 0.335. The predicted molar refractivity (Wildman–Crippen MR) is 107 cm³/mol. The average Bonchev–Trinajstić information content (AvgIpc) is 3.16. The zero-order chi connectivity index (χ0) is 20.9. The summed E-state index contributed by atoms with van der Waals surface area (Å²) in [6.45, 7) is 0. The molecule has 0 aliphatic rings. The molecule has 0 spiro atoms. The zero-order valence-corrected chi connectivity index (χ0v) is 15.3. The van der Waals surface area contributed by atoms with E-state index in [0.717, 1.165) is 40.1 Å². The SMILES string of the molecule is Fc1ccc(C(F)(F)F)cc1-c1cc(-c2c[nH]c3ccccc23)c2cccnc2n1. The third kappa shape index (κ3) is 2.99. The van der Waals surface area contributed by atoms with Crippen molar-refractivity contribution in [1.82, 2.24) is 15.0 Å². The lowest BCUT2D eigenvalue weighted by atomic mass is 9.98. The van der Waals surface area contributed by atoms with Crippen molar-refractivity contribution in [1.29, 1.82) is 0 Å². The van der Waals surface area contributed by atoms with E-state index in [-0.39, 0.29) is 11.3 Å². The highest BCUT2D eigenvalue weighted by Crippen LogP contribution is 2.38. The molecule has 3 aromatic heterocycles. The number of alkyl halides is 3. The van der Waals surface area contributed by atoms with E-state index < -0.39 is 17.6 Å². The van der Waals surface area contributed by atoms with Crippen molar-refractivity contribution in [2.45, 2.75) is 6.18 Å². The van der Waals surface area contributed by atoms with Crippen LogP contribution in [0.5, 0.6) is 0 Å². The number of fused-ring (bicyclic) bond motifs is 2. The van der Waals surface area contributed by atoms with Crippen molar-refractivity contribution in [3.05, 3.63) is 84.4 Å². The Morgan fingerprint density at radius 1 is 0.800 bits per heavy atom. The molecule has 0 saturated heterocycles. The standard InChI is InChI=1S/C23H13F4N3/c24-19-8-7-13(23(25,26)27)10-17(19)21-11-16(15-5-3-9-28-22(15)30-21)18-12-29-20-6-2-1-4-14(18)20/h1-12,29H. The average molecular weight is 407 g/mol. The van der Waals surface area contributed by atoms with Crippen LogP contribution in [0.25, 0.3) is 44.3 Å². The molecule has 0 amide bonds. The zero-order valence-electron chi connectivity index (χ0n) is 15.3. The Morgan fingerprint density at radius 2 is 1.60 bits per heavy atom. The number of pyridine rings is 2. The van der Waals surface area contributed by atoms with Crippen molar-refractivity contribution in [3.63, 3.8) is 0 Å². The van der Waals surface area contributed by atoms with E-state index in [1.54, 1.807) is 18.3 Å². The number of nitrogens with zero attached hydrogens (tertiary/aromatic N) is 2. The number of rotatable bonds is 2. The largest absolute Gasteiger partial charge is 0.416 e. The summed E-state index contributed by atoms with van der Waals surface area (Å²) < 4.78 is 54.1. The molecule has 5 rings (SSSR count). The highest BCUT2D eigenvalue weighted by molar-refractivity contribution is 6.04. The number of aromatic nitrogens is 3. The third-order valence-corrected chi connectivity index (χ3v) is 5.03. The second kappa shape index (κ2) is 6.66. The van der Waals surface area contributed by atoms with Gasteiger partial charge in [0.15, 0.2) is 5.65 Å². The van der Waals surface area contributed by atoms with Crippen molar-refractivity contribution in [3.8, 4) is 22.4 Å². The van der Waals surface area contributed by atoms with Gasteiger partial charge in [0.1, 0.15) is 5.82 Å². The molecule has 0 atom stereocenters. The summed E-state index contributed by atoms with van der Waals surface area (Å²) in [5, 5.41) is 1.66. The number of halogens is 4. The molecule has 0 aliphatic carbocycles. The lowest BCUT2D eigenvalue weighted by molar-refractivity contribution is -0.137. The predicted octanol–water partition coefficient (Wildman–Crippen LogP) is 6.60. The number of aromatic amines is 1. The number of hydrogen-bond acceptors (Lipinski definition) is 2. The number of nitrogens with one attached hydrogen (secondary N) is 1. The van der Waals surface area contributed by atoms with Gasteiger partial charge in [0.05, 0.1) is 11.3 Å². The lowest BCUT2D eigenvalue weighted by Gasteiger charge is -2.12. The topological polar surface area (TPSA) is 41.6 Å². The molecular formula is C23H13F4N3. The second-order valence-corrected chi connectivity index (χ2v) is 6.87. The van der Waals surface area contributed by atoms with Gasteiger partial charge in [0.2, 0.25) is 0 Å². The van der Waals surface area contributed by atoms with Crippen molar-refractivity contribution in [2.75, 3.05) is 0 Å². The van der Waals surface area contributed by atoms with E-state index in [4.69, 9.17) is 0 Å². The van der Waals surface area contributed by atoms with Crippen LogP contribution in [0.1, 0.15) is 5.56 Å². The minimum atomic E-state index is -4.59. The van der Waals surface area contributed by atoms with E-state index in [2.05, 4.69) is 15.0 Å². The molecule has 3 heterocycles. The molecule has 1 N–H and O–H groups in total. The van der Waals surface area contributed by atoms with Crippen LogP contribution in [0.3, 0.4) is 0 Å². The maximum absolute atomic E-state index is 14.5. The molecule has 0 bridgehead atoms. The minimum Gasteiger partial charge on any atom is -0.361 e. The number of H-pyrrole nitrogens is 1. The van der Waals surface area contributed by atoms with Crippen LogP contribution >= 0.6 is 0 Å². The maximum Gasteiger partial charge on any atom is 0.416 e. The molecule has 2 aromatic carbocycles. The van der Waals surface area contributed by atoms with Gasteiger partial charge >= 0.3 is 6.18 Å². The van der Waals surface area contributed by atoms with Gasteiger partial charge in [-0.1, -0.05) is 18.2 Å². The molecule has 3 nitrogen and oxygen atoms in total. The van der Waals surface area contributed by atoms with Crippen molar-refractivity contribution >= 4 is 21.9 Å². The molecule has 0 unspecified atom stereocenters. The summed E-state index contributed by atoms with van der Waals surface area (Å²) in [5.74, 6) is -0.782. The Kier molecular flexibility index (Phi) is 4.06. The van der Waals surface area contributed by atoms with Crippen molar-refractivity contribution in [2.24, 2.45) is 0 Å². The molecule has 0 radical (unpaired) electrons. The Bertz CT molecular complexity index is 1400. The van der Waals surface area contributed by atoms with Gasteiger partial charge in [-0.15, -0.1) is 0 Å². The van der Waals surface area contributed by atoms with Gasteiger partial charge in [0.25, 0.3) is 0 Å². The van der Waals surface area contributed by atoms with Crippen LogP contribution in [-0.2, 0) is 6.18 Å². The molecule has 5 aromatic rings. The normalized spacial score (nSPS) is 12.0. The van der Waals surface area contributed by atoms with E-state index in [1.165, 1.54) is 0 Å².